The SMILES string of the molecule is CCC[C@@H]1CCc2sccc2[C@@H]1Nc1nc(CC)c(Br)nc1CC. The van der Waals surface area contributed by atoms with Crippen molar-refractivity contribution in [1.82, 2.24) is 9.97 Å². The standard InChI is InChI=1S/C19H26BrN3S/c1-4-7-12-8-9-16-13(10-11-24-16)17(12)23-19-15(6-3)21-18(20)14(5-2)22-19/h10-12,17H,4-9H2,1-3H3,(H,22,23)/t12-,17-/m1/s1. The second-order valence-electron chi connectivity index (χ2n) is 6.47. The fourth-order valence-corrected chi connectivity index (χ4v) is 5.19. The number of rotatable bonds is 6. The predicted molar refractivity (Wildman–Crippen MR) is 106 cm³/mol. The van der Waals surface area contributed by atoms with Crippen LogP contribution in [-0.4, -0.2) is 9.97 Å². The van der Waals surface area contributed by atoms with Crippen LogP contribution in [0, 0.1) is 5.92 Å². The van der Waals surface area contributed by atoms with E-state index in [0.29, 0.717) is 12.0 Å². The van der Waals surface area contributed by atoms with Gasteiger partial charge in [-0.15, -0.1) is 11.3 Å². The second-order valence-corrected chi connectivity index (χ2v) is 8.22. The van der Waals surface area contributed by atoms with E-state index < -0.39 is 0 Å². The lowest BCUT2D eigenvalue weighted by Gasteiger charge is -2.33. The van der Waals surface area contributed by atoms with Crippen molar-refractivity contribution in [2.75, 3.05) is 5.32 Å². The largest absolute Gasteiger partial charge is 0.361 e. The zero-order chi connectivity index (χ0) is 17.1. The minimum Gasteiger partial charge on any atom is -0.361 e. The third kappa shape index (κ3) is 3.52. The third-order valence-electron chi connectivity index (χ3n) is 4.94. The lowest BCUT2D eigenvalue weighted by molar-refractivity contribution is 0.372. The summed E-state index contributed by atoms with van der Waals surface area (Å²) in [5.74, 6) is 1.65. The maximum Gasteiger partial charge on any atom is 0.148 e. The quantitative estimate of drug-likeness (QED) is 0.643. The molecule has 2 aromatic rings. The van der Waals surface area contributed by atoms with Gasteiger partial charge in [0, 0.05) is 4.88 Å². The summed E-state index contributed by atoms with van der Waals surface area (Å²) < 4.78 is 0.886. The first-order valence-electron chi connectivity index (χ1n) is 9.05. The molecular formula is C19H26BrN3S. The van der Waals surface area contributed by atoms with Crippen LogP contribution in [0.5, 0.6) is 0 Å². The Morgan fingerprint density at radius 2 is 2.00 bits per heavy atom. The van der Waals surface area contributed by atoms with E-state index >= 15 is 0 Å². The highest BCUT2D eigenvalue weighted by atomic mass is 79.9. The first-order valence-corrected chi connectivity index (χ1v) is 10.7. The van der Waals surface area contributed by atoms with Gasteiger partial charge in [0.2, 0.25) is 0 Å². The summed E-state index contributed by atoms with van der Waals surface area (Å²) in [6.07, 6.45) is 6.76. The van der Waals surface area contributed by atoms with E-state index in [-0.39, 0.29) is 0 Å². The van der Waals surface area contributed by atoms with Gasteiger partial charge in [-0.2, -0.15) is 0 Å². The molecule has 3 rings (SSSR count). The number of hydrogen-bond donors (Lipinski definition) is 1. The lowest BCUT2D eigenvalue weighted by atomic mass is 9.81. The summed E-state index contributed by atoms with van der Waals surface area (Å²) in [4.78, 5) is 11.2. The molecular weight excluding hydrogens is 382 g/mol. The van der Waals surface area contributed by atoms with E-state index in [9.17, 15) is 0 Å². The average molecular weight is 408 g/mol. The van der Waals surface area contributed by atoms with Gasteiger partial charge in [-0.3, -0.25) is 0 Å². The summed E-state index contributed by atoms with van der Waals surface area (Å²) in [6.45, 7) is 6.56. The summed E-state index contributed by atoms with van der Waals surface area (Å²) in [5, 5.41) is 6.03. The molecule has 2 atom stereocenters. The topological polar surface area (TPSA) is 37.8 Å². The number of nitrogens with zero attached hydrogens (tertiary/aromatic N) is 2. The molecule has 5 heteroatoms. The first-order chi connectivity index (χ1) is 11.7. The van der Waals surface area contributed by atoms with Crippen molar-refractivity contribution in [2.24, 2.45) is 5.92 Å². The van der Waals surface area contributed by atoms with E-state index in [2.05, 4.69) is 53.5 Å². The van der Waals surface area contributed by atoms with E-state index in [1.54, 1.807) is 4.88 Å². The van der Waals surface area contributed by atoms with Gasteiger partial charge in [0.25, 0.3) is 0 Å². The van der Waals surface area contributed by atoms with Crippen molar-refractivity contribution in [1.29, 1.82) is 0 Å². The minimum absolute atomic E-state index is 0.366. The molecule has 0 saturated heterocycles. The zero-order valence-corrected chi connectivity index (χ0v) is 17.1. The molecule has 0 radical (unpaired) electrons. The molecule has 130 valence electrons. The summed E-state index contributed by atoms with van der Waals surface area (Å²) in [5.41, 5.74) is 3.56. The Bertz CT molecular complexity index is 698. The van der Waals surface area contributed by atoms with Crippen LogP contribution in [0.15, 0.2) is 16.0 Å². The van der Waals surface area contributed by atoms with Crippen molar-refractivity contribution in [2.45, 2.75) is 65.3 Å². The van der Waals surface area contributed by atoms with Crippen LogP contribution >= 0.6 is 27.3 Å². The first kappa shape index (κ1) is 17.9. The molecule has 0 spiro atoms. The van der Waals surface area contributed by atoms with Gasteiger partial charge in [0.1, 0.15) is 10.4 Å². The number of nitrogens with one attached hydrogen (secondary N) is 1. The van der Waals surface area contributed by atoms with Crippen LogP contribution in [0.3, 0.4) is 0 Å². The van der Waals surface area contributed by atoms with Gasteiger partial charge < -0.3 is 5.32 Å². The predicted octanol–water partition coefficient (Wildman–Crippen LogP) is 5.94. The monoisotopic (exact) mass is 407 g/mol. The summed E-state index contributed by atoms with van der Waals surface area (Å²) in [7, 11) is 0. The average Bonchev–Trinajstić information content (AvgIpc) is 3.07. The Balaban J connectivity index is 1.96. The number of anilines is 1. The molecule has 24 heavy (non-hydrogen) atoms. The fraction of sp³-hybridized carbons (Fsp3) is 0.579. The minimum atomic E-state index is 0.366. The molecule has 0 saturated carbocycles. The van der Waals surface area contributed by atoms with Crippen molar-refractivity contribution in [3.63, 3.8) is 0 Å². The molecule has 2 heterocycles. The molecule has 2 aromatic heterocycles. The summed E-state index contributed by atoms with van der Waals surface area (Å²) in [6, 6.07) is 2.67. The number of aromatic nitrogens is 2. The van der Waals surface area contributed by atoms with Gasteiger partial charge in [0.15, 0.2) is 0 Å². The molecule has 0 fully saturated rings. The normalized spacial score (nSPS) is 20.0. The molecule has 3 nitrogen and oxygen atoms in total. The van der Waals surface area contributed by atoms with Crippen molar-refractivity contribution >= 4 is 33.1 Å². The third-order valence-corrected chi connectivity index (χ3v) is 6.57. The van der Waals surface area contributed by atoms with E-state index in [1.165, 1.54) is 31.2 Å². The van der Waals surface area contributed by atoms with Gasteiger partial charge in [0.05, 0.1) is 17.4 Å². The number of thiophene rings is 1. The Morgan fingerprint density at radius 1 is 1.21 bits per heavy atom. The lowest BCUT2D eigenvalue weighted by Crippen LogP contribution is -2.27. The number of aryl methyl sites for hydroxylation is 3. The van der Waals surface area contributed by atoms with Crippen LogP contribution in [0.1, 0.15) is 67.9 Å². The van der Waals surface area contributed by atoms with E-state index in [4.69, 9.17) is 9.97 Å². The van der Waals surface area contributed by atoms with Crippen LogP contribution in [0.4, 0.5) is 5.82 Å². The van der Waals surface area contributed by atoms with Crippen LogP contribution in [0.25, 0.3) is 0 Å². The summed E-state index contributed by atoms with van der Waals surface area (Å²) >= 11 is 5.46. The molecule has 1 aliphatic rings. The van der Waals surface area contributed by atoms with Gasteiger partial charge in [-0.25, -0.2) is 9.97 Å². The maximum absolute atomic E-state index is 4.89. The van der Waals surface area contributed by atoms with Gasteiger partial charge >= 0.3 is 0 Å². The van der Waals surface area contributed by atoms with Crippen LogP contribution in [-0.2, 0) is 19.3 Å². The van der Waals surface area contributed by atoms with E-state index in [1.807, 2.05) is 11.3 Å². The van der Waals surface area contributed by atoms with Crippen LogP contribution < -0.4 is 5.32 Å². The number of fused-ring (bicyclic) bond motifs is 1. The molecule has 0 unspecified atom stereocenters. The van der Waals surface area contributed by atoms with Crippen molar-refractivity contribution in [3.05, 3.63) is 37.9 Å². The van der Waals surface area contributed by atoms with Gasteiger partial charge in [-0.05, 0) is 71.0 Å². The molecule has 0 aliphatic heterocycles. The maximum atomic E-state index is 4.89. The fourth-order valence-electron chi connectivity index (χ4n) is 3.66. The molecule has 0 aromatic carbocycles. The molecule has 0 amide bonds. The Labute approximate surface area is 157 Å². The molecule has 0 bridgehead atoms. The van der Waals surface area contributed by atoms with Crippen LogP contribution in [0.2, 0.25) is 0 Å². The Hall–Kier alpha value is -0.940. The Morgan fingerprint density at radius 3 is 2.71 bits per heavy atom. The van der Waals surface area contributed by atoms with Gasteiger partial charge in [-0.1, -0.05) is 27.2 Å². The highest BCUT2D eigenvalue weighted by Crippen LogP contribution is 2.41. The highest BCUT2D eigenvalue weighted by molar-refractivity contribution is 9.10. The van der Waals surface area contributed by atoms with Crippen molar-refractivity contribution in [3.8, 4) is 0 Å². The zero-order valence-electron chi connectivity index (χ0n) is 14.7. The molecule has 1 N–H and O–H groups in total. The second kappa shape index (κ2) is 7.96. The molecule has 1 aliphatic carbocycles. The Kier molecular flexibility index (Phi) is 5.93. The smallest absolute Gasteiger partial charge is 0.148 e. The van der Waals surface area contributed by atoms with E-state index in [0.717, 1.165) is 34.7 Å². The highest BCUT2D eigenvalue weighted by Gasteiger charge is 2.30. The van der Waals surface area contributed by atoms with Crippen molar-refractivity contribution < 1.29 is 0 Å². The number of hydrogen-bond acceptors (Lipinski definition) is 4. The number of halogens is 1.